The first-order chi connectivity index (χ1) is 5.22. The Kier molecular flexibility index (Phi) is 5.47. The number of allylic oxidation sites excluding steroid dienone is 1. The second kappa shape index (κ2) is 5.92. The van der Waals surface area contributed by atoms with E-state index in [1.807, 2.05) is 6.92 Å². The quantitative estimate of drug-likeness (QED) is 0.488. The summed E-state index contributed by atoms with van der Waals surface area (Å²) in [6.45, 7) is 2.02. The molecular formula is C8H14O3. The third kappa shape index (κ3) is 4.56. The van der Waals surface area contributed by atoms with E-state index in [0.717, 1.165) is 12.8 Å². The van der Waals surface area contributed by atoms with Crippen molar-refractivity contribution < 1.29 is 14.6 Å². The van der Waals surface area contributed by atoms with Crippen molar-refractivity contribution in [2.75, 3.05) is 7.11 Å². The third-order valence-electron chi connectivity index (χ3n) is 1.22. The Morgan fingerprint density at radius 2 is 2.36 bits per heavy atom. The van der Waals surface area contributed by atoms with E-state index in [9.17, 15) is 4.79 Å². The molecule has 0 amide bonds. The van der Waals surface area contributed by atoms with Crippen LogP contribution in [0.3, 0.4) is 0 Å². The SMILES string of the molecule is CCCC=CC(O)C(=O)OC. The lowest BCUT2D eigenvalue weighted by Gasteiger charge is -2.00. The maximum atomic E-state index is 10.6. The van der Waals surface area contributed by atoms with Gasteiger partial charge in [0.2, 0.25) is 0 Å². The summed E-state index contributed by atoms with van der Waals surface area (Å²) in [5.41, 5.74) is 0. The molecule has 0 aromatic heterocycles. The second-order valence-electron chi connectivity index (χ2n) is 2.18. The summed E-state index contributed by atoms with van der Waals surface area (Å²) in [6.07, 6.45) is 3.97. The van der Waals surface area contributed by atoms with Gasteiger partial charge >= 0.3 is 5.97 Å². The molecule has 0 radical (unpaired) electrons. The number of esters is 1. The summed E-state index contributed by atoms with van der Waals surface area (Å²) in [7, 11) is 1.25. The topological polar surface area (TPSA) is 46.5 Å². The first-order valence-corrected chi connectivity index (χ1v) is 3.65. The summed E-state index contributed by atoms with van der Waals surface area (Å²) in [6, 6.07) is 0. The van der Waals surface area contributed by atoms with Crippen LogP contribution < -0.4 is 0 Å². The average Bonchev–Trinajstić information content (AvgIpc) is 2.03. The predicted molar refractivity (Wildman–Crippen MR) is 42.1 cm³/mol. The van der Waals surface area contributed by atoms with Crippen molar-refractivity contribution in [3.05, 3.63) is 12.2 Å². The van der Waals surface area contributed by atoms with E-state index in [1.165, 1.54) is 13.2 Å². The third-order valence-corrected chi connectivity index (χ3v) is 1.22. The zero-order chi connectivity index (χ0) is 8.69. The first-order valence-electron chi connectivity index (χ1n) is 3.65. The van der Waals surface area contributed by atoms with Gasteiger partial charge in [-0.05, 0) is 12.5 Å². The largest absolute Gasteiger partial charge is 0.467 e. The number of carbonyl (C=O) groups excluding carboxylic acids is 1. The maximum absolute atomic E-state index is 10.6. The van der Waals surface area contributed by atoms with Crippen LogP contribution in [0.5, 0.6) is 0 Å². The molecule has 0 aromatic carbocycles. The molecule has 3 nitrogen and oxygen atoms in total. The van der Waals surface area contributed by atoms with Crippen LogP contribution in [0.2, 0.25) is 0 Å². The van der Waals surface area contributed by atoms with Gasteiger partial charge in [0.05, 0.1) is 7.11 Å². The molecule has 11 heavy (non-hydrogen) atoms. The summed E-state index contributed by atoms with van der Waals surface area (Å²) < 4.78 is 4.30. The van der Waals surface area contributed by atoms with Gasteiger partial charge in [-0.3, -0.25) is 0 Å². The summed E-state index contributed by atoms with van der Waals surface area (Å²) in [4.78, 5) is 10.6. The Hall–Kier alpha value is -0.830. The fourth-order valence-electron chi connectivity index (χ4n) is 0.591. The van der Waals surface area contributed by atoms with E-state index < -0.39 is 12.1 Å². The molecule has 0 aliphatic rings. The number of hydrogen-bond acceptors (Lipinski definition) is 3. The van der Waals surface area contributed by atoms with E-state index in [0.29, 0.717) is 0 Å². The minimum absolute atomic E-state index is 0.614. The monoisotopic (exact) mass is 158 g/mol. The Morgan fingerprint density at radius 1 is 1.73 bits per heavy atom. The molecule has 1 atom stereocenters. The Morgan fingerprint density at radius 3 is 2.82 bits per heavy atom. The highest BCUT2D eigenvalue weighted by Gasteiger charge is 2.09. The average molecular weight is 158 g/mol. The molecule has 0 spiro atoms. The van der Waals surface area contributed by atoms with Crippen LogP contribution in [0.1, 0.15) is 19.8 Å². The van der Waals surface area contributed by atoms with E-state index in [-0.39, 0.29) is 0 Å². The molecule has 0 saturated carbocycles. The molecule has 0 aliphatic heterocycles. The Bertz CT molecular complexity index is 140. The summed E-state index contributed by atoms with van der Waals surface area (Å²) in [5, 5.41) is 8.98. The van der Waals surface area contributed by atoms with E-state index >= 15 is 0 Å². The van der Waals surface area contributed by atoms with Crippen LogP contribution in [0.15, 0.2) is 12.2 Å². The van der Waals surface area contributed by atoms with Crippen molar-refractivity contribution in [1.29, 1.82) is 0 Å². The number of aliphatic hydroxyl groups excluding tert-OH is 1. The predicted octanol–water partition coefficient (Wildman–Crippen LogP) is 0.877. The van der Waals surface area contributed by atoms with Crippen molar-refractivity contribution >= 4 is 5.97 Å². The lowest BCUT2D eigenvalue weighted by atomic mass is 10.2. The highest BCUT2D eigenvalue weighted by Crippen LogP contribution is 1.93. The lowest BCUT2D eigenvalue weighted by Crippen LogP contribution is -2.18. The molecule has 0 bridgehead atoms. The van der Waals surface area contributed by atoms with Gasteiger partial charge in [0.1, 0.15) is 0 Å². The fourth-order valence-corrected chi connectivity index (χ4v) is 0.591. The molecule has 3 heteroatoms. The van der Waals surface area contributed by atoms with Crippen LogP contribution in [0.25, 0.3) is 0 Å². The molecular weight excluding hydrogens is 144 g/mol. The fraction of sp³-hybridized carbons (Fsp3) is 0.625. The Labute approximate surface area is 66.7 Å². The van der Waals surface area contributed by atoms with E-state index in [4.69, 9.17) is 5.11 Å². The summed E-state index contributed by atoms with van der Waals surface area (Å²) >= 11 is 0. The molecule has 0 fully saturated rings. The van der Waals surface area contributed by atoms with Crippen LogP contribution >= 0.6 is 0 Å². The smallest absolute Gasteiger partial charge is 0.338 e. The van der Waals surface area contributed by atoms with Gasteiger partial charge < -0.3 is 9.84 Å². The van der Waals surface area contributed by atoms with Gasteiger partial charge in [-0.2, -0.15) is 0 Å². The highest BCUT2D eigenvalue weighted by atomic mass is 16.5. The normalized spacial score (nSPS) is 13.4. The number of rotatable bonds is 4. The van der Waals surface area contributed by atoms with Crippen molar-refractivity contribution in [3.63, 3.8) is 0 Å². The number of aliphatic hydroxyl groups is 1. The zero-order valence-electron chi connectivity index (χ0n) is 6.91. The number of methoxy groups -OCH3 is 1. The molecule has 1 N–H and O–H groups in total. The van der Waals surface area contributed by atoms with Crippen LogP contribution in [-0.4, -0.2) is 24.3 Å². The molecule has 0 aromatic rings. The highest BCUT2D eigenvalue weighted by molar-refractivity contribution is 5.76. The standard InChI is InChI=1S/C8H14O3/c1-3-4-5-6-7(9)8(10)11-2/h5-7,9H,3-4H2,1-2H3. The minimum atomic E-state index is -1.11. The van der Waals surface area contributed by atoms with Crippen molar-refractivity contribution in [3.8, 4) is 0 Å². The van der Waals surface area contributed by atoms with Gasteiger partial charge in [-0.15, -0.1) is 0 Å². The summed E-state index contributed by atoms with van der Waals surface area (Å²) in [5.74, 6) is -0.614. The number of carbonyl (C=O) groups is 1. The van der Waals surface area contributed by atoms with Crippen LogP contribution in [0.4, 0.5) is 0 Å². The molecule has 0 saturated heterocycles. The zero-order valence-corrected chi connectivity index (χ0v) is 6.91. The molecule has 0 aliphatic carbocycles. The van der Waals surface area contributed by atoms with E-state index in [1.54, 1.807) is 6.08 Å². The van der Waals surface area contributed by atoms with Crippen molar-refractivity contribution in [1.82, 2.24) is 0 Å². The molecule has 0 rings (SSSR count). The van der Waals surface area contributed by atoms with Gasteiger partial charge in [0.15, 0.2) is 6.10 Å². The first kappa shape index (κ1) is 10.2. The number of ether oxygens (including phenoxy) is 1. The second-order valence-corrected chi connectivity index (χ2v) is 2.18. The molecule has 0 heterocycles. The van der Waals surface area contributed by atoms with E-state index in [2.05, 4.69) is 4.74 Å². The number of unbranched alkanes of at least 4 members (excludes halogenated alkanes) is 1. The molecule has 64 valence electrons. The van der Waals surface area contributed by atoms with Gasteiger partial charge in [0.25, 0.3) is 0 Å². The van der Waals surface area contributed by atoms with Gasteiger partial charge in [-0.25, -0.2) is 4.79 Å². The number of hydrogen-bond donors (Lipinski definition) is 1. The van der Waals surface area contributed by atoms with Crippen molar-refractivity contribution in [2.24, 2.45) is 0 Å². The van der Waals surface area contributed by atoms with Gasteiger partial charge in [0, 0.05) is 0 Å². The molecule has 1 unspecified atom stereocenters. The van der Waals surface area contributed by atoms with Crippen molar-refractivity contribution in [2.45, 2.75) is 25.9 Å². The Balaban J connectivity index is 3.66. The lowest BCUT2D eigenvalue weighted by molar-refractivity contribution is -0.147. The van der Waals surface area contributed by atoms with Crippen LogP contribution in [-0.2, 0) is 9.53 Å². The minimum Gasteiger partial charge on any atom is -0.467 e. The van der Waals surface area contributed by atoms with Gasteiger partial charge in [-0.1, -0.05) is 19.4 Å². The maximum Gasteiger partial charge on any atom is 0.338 e. The van der Waals surface area contributed by atoms with Crippen LogP contribution in [0, 0.1) is 0 Å².